The van der Waals surface area contributed by atoms with Gasteiger partial charge in [0.15, 0.2) is 0 Å². The van der Waals surface area contributed by atoms with Crippen LogP contribution in [0.1, 0.15) is 23.6 Å². The van der Waals surface area contributed by atoms with Gasteiger partial charge in [0.05, 0.1) is 24.6 Å². The van der Waals surface area contributed by atoms with Crippen LogP contribution >= 0.6 is 23.4 Å². The highest BCUT2D eigenvalue weighted by atomic mass is 35.5. The van der Waals surface area contributed by atoms with Crippen molar-refractivity contribution in [3.8, 4) is 0 Å². The number of ether oxygens (including phenoxy) is 1. The predicted octanol–water partition coefficient (Wildman–Crippen LogP) is 3.76. The maximum Gasteiger partial charge on any atom is 0.326 e. The van der Waals surface area contributed by atoms with Crippen molar-refractivity contribution >= 4 is 46.8 Å². The number of nitrogens with one attached hydrogen (secondary N) is 1. The number of esters is 1. The third-order valence-electron chi connectivity index (χ3n) is 6.43. The Balaban J connectivity index is 1.85. The molecule has 1 N–H and O–H groups in total. The lowest BCUT2D eigenvalue weighted by Crippen LogP contribution is -2.56. The summed E-state index contributed by atoms with van der Waals surface area (Å²) in [5, 5.41) is 3.94. The molecule has 0 bridgehead atoms. The number of aryl methyl sites for hydroxylation is 1. The first kappa shape index (κ1) is 22.8. The molecule has 2 aliphatic rings. The minimum absolute atomic E-state index is 0.314. The lowest BCUT2D eigenvalue weighted by molar-refractivity contribution is -0.152. The Labute approximate surface area is 196 Å². The second kappa shape index (κ2) is 8.89. The fourth-order valence-electron chi connectivity index (χ4n) is 4.87. The Kier molecular flexibility index (Phi) is 6.34. The zero-order valence-electron chi connectivity index (χ0n) is 18.1. The van der Waals surface area contributed by atoms with E-state index in [1.54, 1.807) is 36.0 Å². The molecule has 0 saturated carbocycles. The van der Waals surface area contributed by atoms with Gasteiger partial charge in [-0.1, -0.05) is 41.4 Å². The zero-order chi connectivity index (χ0) is 23.0. The van der Waals surface area contributed by atoms with Crippen LogP contribution < -0.4 is 10.2 Å². The molecule has 2 saturated heterocycles. The number of halogens is 1. The van der Waals surface area contributed by atoms with E-state index in [1.165, 1.54) is 12.0 Å². The summed E-state index contributed by atoms with van der Waals surface area (Å²) < 4.78 is 5.17. The summed E-state index contributed by atoms with van der Waals surface area (Å²) in [6, 6.07) is 13.9. The number of hydrogen-bond donors (Lipinski definition) is 1. The number of benzene rings is 2. The Morgan fingerprint density at radius 1 is 1.12 bits per heavy atom. The van der Waals surface area contributed by atoms with E-state index in [9.17, 15) is 14.4 Å². The average Bonchev–Trinajstić information content (AvgIpc) is 3.27. The number of anilines is 1. The van der Waals surface area contributed by atoms with Gasteiger partial charge in [-0.15, -0.1) is 0 Å². The van der Waals surface area contributed by atoms with Gasteiger partial charge in [-0.05, 0) is 55.2 Å². The number of fused-ring (bicyclic) bond motifs is 1. The van der Waals surface area contributed by atoms with E-state index in [1.807, 2.05) is 37.4 Å². The molecule has 0 spiro atoms. The highest BCUT2D eigenvalue weighted by Gasteiger charge is 2.68. The molecular formula is C24H25ClN2O4S. The summed E-state index contributed by atoms with van der Waals surface area (Å²) in [5.74, 6) is -2.18. The summed E-state index contributed by atoms with van der Waals surface area (Å²) in [7, 11) is 1.31. The van der Waals surface area contributed by atoms with Crippen molar-refractivity contribution in [2.75, 3.05) is 24.0 Å². The van der Waals surface area contributed by atoms with Crippen LogP contribution in [-0.2, 0) is 19.1 Å². The molecule has 4 unspecified atom stereocenters. The molecule has 4 rings (SSSR count). The quantitative estimate of drug-likeness (QED) is 0.509. The van der Waals surface area contributed by atoms with Crippen LogP contribution in [0.15, 0.2) is 48.5 Å². The number of thioether (sulfide) groups is 1. The summed E-state index contributed by atoms with van der Waals surface area (Å²) >= 11 is 7.64. The Bertz CT molecular complexity index is 1040. The van der Waals surface area contributed by atoms with Crippen molar-refractivity contribution < 1.29 is 19.1 Å². The first-order valence-electron chi connectivity index (χ1n) is 10.4. The molecule has 2 aliphatic heterocycles. The highest BCUT2D eigenvalue weighted by Crippen LogP contribution is 2.51. The van der Waals surface area contributed by atoms with Gasteiger partial charge in [0, 0.05) is 11.1 Å². The Morgan fingerprint density at radius 3 is 2.38 bits per heavy atom. The van der Waals surface area contributed by atoms with Gasteiger partial charge in [-0.25, -0.2) is 4.90 Å². The molecule has 0 aliphatic carbocycles. The average molecular weight is 473 g/mol. The number of rotatable bonds is 6. The standard InChI is InChI=1S/C24H25ClN2O4S/c1-14-4-10-17(11-5-14)27-21(28)18-19(22(27)29)24(12-13-32-3,23(30)31-2)26-20(18)15-6-8-16(25)9-7-15/h4-11,18-20,26H,12-13H2,1-3H3. The number of nitrogens with zero attached hydrogens (tertiary/aromatic N) is 1. The second-order valence-corrected chi connectivity index (χ2v) is 9.65. The highest BCUT2D eigenvalue weighted by molar-refractivity contribution is 7.98. The summed E-state index contributed by atoms with van der Waals surface area (Å²) in [5.41, 5.74) is 1.04. The number of amides is 2. The lowest BCUT2D eigenvalue weighted by atomic mass is 9.78. The van der Waals surface area contributed by atoms with Gasteiger partial charge in [-0.3, -0.25) is 19.7 Å². The fraction of sp³-hybridized carbons (Fsp3) is 0.375. The van der Waals surface area contributed by atoms with Crippen LogP contribution in [0.2, 0.25) is 5.02 Å². The lowest BCUT2D eigenvalue weighted by Gasteiger charge is -2.32. The molecule has 0 radical (unpaired) electrons. The van der Waals surface area contributed by atoms with E-state index in [-0.39, 0.29) is 11.8 Å². The van der Waals surface area contributed by atoms with E-state index >= 15 is 0 Å². The van der Waals surface area contributed by atoms with Crippen LogP contribution in [0, 0.1) is 18.8 Å². The molecule has 0 aromatic heterocycles. The van der Waals surface area contributed by atoms with E-state index in [2.05, 4.69) is 5.32 Å². The maximum absolute atomic E-state index is 13.7. The summed E-state index contributed by atoms with van der Waals surface area (Å²) in [6.07, 6.45) is 2.31. The molecule has 2 aromatic rings. The molecule has 8 heteroatoms. The number of hydrogen-bond acceptors (Lipinski definition) is 6. The van der Waals surface area contributed by atoms with Crippen LogP contribution in [0.5, 0.6) is 0 Å². The third kappa shape index (κ3) is 3.62. The van der Waals surface area contributed by atoms with E-state index in [0.29, 0.717) is 22.9 Å². The van der Waals surface area contributed by atoms with Crippen LogP contribution in [0.4, 0.5) is 5.69 Å². The first-order valence-corrected chi connectivity index (χ1v) is 12.2. The molecule has 2 fully saturated rings. The normalized spacial score (nSPS) is 27.0. The third-order valence-corrected chi connectivity index (χ3v) is 7.29. The number of imide groups is 1. The number of carbonyl (C=O) groups excluding carboxylic acids is 3. The SMILES string of the molecule is COC(=O)C1(CCSC)NC(c2ccc(Cl)cc2)C2C(=O)N(c3ccc(C)cc3)C(=O)C21. The molecule has 4 atom stereocenters. The van der Waals surface area contributed by atoms with Crippen molar-refractivity contribution in [1.29, 1.82) is 0 Å². The second-order valence-electron chi connectivity index (χ2n) is 8.23. The van der Waals surface area contributed by atoms with Gasteiger partial charge in [-0.2, -0.15) is 11.8 Å². The fourth-order valence-corrected chi connectivity index (χ4v) is 5.52. The first-order chi connectivity index (χ1) is 15.3. The van der Waals surface area contributed by atoms with Gasteiger partial charge < -0.3 is 4.74 Å². The van der Waals surface area contributed by atoms with Gasteiger partial charge in [0.25, 0.3) is 0 Å². The number of methoxy groups -OCH3 is 1. The molecular weight excluding hydrogens is 448 g/mol. The van der Waals surface area contributed by atoms with Gasteiger partial charge >= 0.3 is 5.97 Å². The van der Waals surface area contributed by atoms with Crippen LogP contribution in [0.25, 0.3) is 0 Å². The zero-order valence-corrected chi connectivity index (χ0v) is 19.7. The van der Waals surface area contributed by atoms with Crippen molar-refractivity contribution in [1.82, 2.24) is 5.32 Å². The largest absolute Gasteiger partial charge is 0.468 e. The smallest absolute Gasteiger partial charge is 0.326 e. The molecule has 6 nitrogen and oxygen atoms in total. The van der Waals surface area contributed by atoms with Gasteiger partial charge in [0.2, 0.25) is 11.8 Å². The van der Waals surface area contributed by atoms with Gasteiger partial charge in [0.1, 0.15) is 5.54 Å². The minimum atomic E-state index is -1.29. The molecule has 2 heterocycles. The Morgan fingerprint density at radius 2 is 1.78 bits per heavy atom. The molecule has 32 heavy (non-hydrogen) atoms. The van der Waals surface area contributed by atoms with Crippen molar-refractivity contribution in [3.05, 3.63) is 64.7 Å². The monoisotopic (exact) mass is 472 g/mol. The predicted molar refractivity (Wildman–Crippen MR) is 126 cm³/mol. The molecule has 2 aromatic carbocycles. The van der Waals surface area contributed by atoms with E-state index in [4.69, 9.17) is 16.3 Å². The Hall–Kier alpha value is -2.35. The minimum Gasteiger partial charge on any atom is -0.468 e. The van der Waals surface area contributed by atoms with Crippen LogP contribution in [-0.4, -0.2) is 42.4 Å². The van der Waals surface area contributed by atoms with Crippen molar-refractivity contribution in [2.24, 2.45) is 11.8 Å². The van der Waals surface area contributed by atoms with E-state index < -0.39 is 29.4 Å². The summed E-state index contributed by atoms with van der Waals surface area (Å²) in [6.45, 7) is 1.94. The van der Waals surface area contributed by atoms with Crippen molar-refractivity contribution in [3.63, 3.8) is 0 Å². The number of carbonyl (C=O) groups is 3. The van der Waals surface area contributed by atoms with Crippen LogP contribution in [0.3, 0.4) is 0 Å². The summed E-state index contributed by atoms with van der Waals surface area (Å²) in [4.78, 5) is 41.8. The molecule has 2 amide bonds. The van der Waals surface area contributed by atoms with E-state index in [0.717, 1.165) is 11.1 Å². The molecule has 168 valence electrons. The topological polar surface area (TPSA) is 75.7 Å². The van der Waals surface area contributed by atoms with Crippen molar-refractivity contribution in [2.45, 2.75) is 24.9 Å². The maximum atomic E-state index is 13.7.